The molecule has 1 saturated heterocycles. The minimum atomic E-state index is -0.334. The molecule has 1 aliphatic rings. The van der Waals surface area contributed by atoms with E-state index in [0.29, 0.717) is 23.0 Å². The fourth-order valence-electron chi connectivity index (χ4n) is 2.53. The maximum atomic E-state index is 11.0. The molecule has 0 aliphatic carbocycles. The van der Waals surface area contributed by atoms with Crippen LogP contribution in [0.2, 0.25) is 5.02 Å². The zero-order valence-electron chi connectivity index (χ0n) is 10.8. The molecule has 0 aromatic heterocycles. The van der Waals surface area contributed by atoms with E-state index in [1.54, 1.807) is 12.1 Å². The van der Waals surface area contributed by atoms with Gasteiger partial charge in [0.1, 0.15) is 0 Å². The van der Waals surface area contributed by atoms with Gasteiger partial charge in [-0.05, 0) is 37.4 Å². The lowest BCUT2D eigenvalue weighted by Gasteiger charge is -2.30. The zero-order chi connectivity index (χ0) is 13.1. The van der Waals surface area contributed by atoms with Crippen LogP contribution in [-0.2, 0) is 6.54 Å². The lowest BCUT2D eigenvalue weighted by atomic mass is 9.99. The molecule has 1 unspecified atom stereocenters. The number of hydrogen-bond acceptors (Lipinski definition) is 3. The Kier molecular flexibility index (Phi) is 6.04. The second kappa shape index (κ2) is 7.08. The van der Waals surface area contributed by atoms with E-state index in [4.69, 9.17) is 11.6 Å². The minimum Gasteiger partial charge on any atom is -0.299 e. The average molecular weight is 305 g/mol. The first kappa shape index (κ1) is 16.2. The molecule has 0 N–H and O–H groups in total. The lowest BCUT2D eigenvalue weighted by molar-refractivity contribution is -0.385. The quantitative estimate of drug-likeness (QED) is 0.628. The summed E-state index contributed by atoms with van der Waals surface area (Å²) >= 11 is 5.93. The van der Waals surface area contributed by atoms with Crippen LogP contribution >= 0.6 is 24.0 Å². The van der Waals surface area contributed by atoms with E-state index < -0.39 is 0 Å². The number of rotatable bonds is 3. The van der Waals surface area contributed by atoms with Crippen molar-refractivity contribution >= 4 is 29.7 Å². The molecule has 1 aromatic carbocycles. The lowest BCUT2D eigenvalue weighted by Crippen LogP contribution is -2.33. The monoisotopic (exact) mass is 304 g/mol. The molecular weight excluding hydrogens is 287 g/mol. The molecule has 0 spiro atoms. The number of piperidine rings is 1. The third-order valence-electron chi connectivity index (χ3n) is 3.37. The maximum Gasteiger partial charge on any atom is 0.273 e. The van der Waals surface area contributed by atoms with Crippen LogP contribution in [0.15, 0.2) is 18.2 Å². The van der Waals surface area contributed by atoms with Crippen LogP contribution < -0.4 is 0 Å². The predicted octanol–water partition coefficient (Wildman–Crippen LogP) is 3.90. The molecule has 0 radical (unpaired) electrons. The van der Waals surface area contributed by atoms with Gasteiger partial charge < -0.3 is 0 Å². The van der Waals surface area contributed by atoms with Crippen molar-refractivity contribution in [2.24, 2.45) is 5.92 Å². The van der Waals surface area contributed by atoms with Gasteiger partial charge in [0.25, 0.3) is 5.69 Å². The Morgan fingerprint density at radius 2 is 2.26 bits per heavy atom. The van der Waals surface area contributed by atoms with Crippen molar-refractivity contribution in [1.29, 1.82) is 0 Å². The van der Waals surface area contributed by atoms with Crippen LogP contribution in [-0.4, -0.2) is 22.9 Å². The van der Waals surface area contributed by atoms with Gasteiger partial charge in [-0.1, -0.05) is 18.5 Å². The second-order valence-electron chi connectivity index (χ2n) is 5.01. The van der Waals surface area contributed by atoms with Crippen molar-refractivity contribution < 1.29 is 4.92 Å². The number of likely N-dealkylation sites (tertiary alicyclic amines) is 1. The summed E-state index contributed by atoms with van der Waals surface area (Å²) in [6.07, 6.45) is 2.41. The van der Waals surface area contributed by atoms with Crippen LogP contribution in [0.5, 0.6) is 0 Å². The van der Waals surface area contributed by atoms with Crippen molar-refractivity contribution in [3.63, 3.8) is 0 Å². The summed E-state index contributed by atoms with van der Waals surface area (Å²) in [6.45, 7) is 4.84. The first-order valence-electron chi connectivity index (χ1n) is 6.21. The van der Waals surface area contributed by atoms with Gasteiger partial charge >= 0.3 is 0 Å². The standard InChI is InChI=1S/C13H17ClN2O2.ClH/c1-10-3-2-6-15(8-10)9-11-7-12(14)4-5-13(11)16(17)18;/h4-5,7,10H,2-3,6,8-9H2,1H3;1H. The first-order valence-corrected chi connectivity index (χ1v) is 6.59. The first-order chi connectivity index (χ1) is 8.56. The summed E-state index contributed by atoms with van der Waals surface area (Å²) in [5, 5.41) is 11.5. The molecule has 4 nitrogen and oxygen atoms in total. The highest BCUT2D eigenvalue weighted by Gasteiger charge is 2.20. The van der Waals surface area contributed by atoms with E-state index in [-0.39, 0.29) is 23.0 Å². The van der Waals surface area contributed by atoms with Crippen molar-refractivity contribution in [1.82, 2.24) is 4.90 Å². The Morgan fingerprint density at radius 1 is 1.53 bits per heavy atom. The Morgan fingerprint density at radius 3 is 2.89 bits per heavy atom. The van der Waals surface area contributed by atoms with Crippen molar-refractivity contribution in [2.75, 3.05) is 13.1 Å². The van der Waals surface area contributed by atoms with Gasteiger partial charge in [-0.15, -0.1) is 12.4 Å². The van der Waals surface area contributed by atoms with E-state index in [9.17, 15) is 10.1 Å². The highest BCUT2D eigenvalue weighted by molar-refractivity contribution is 6.30. The molecule has 1 aliphatic heterocycles. The van der Waals surface area contributed by atoms with E-state index in [2.05, 4.69) is 11.8 Å². The van der Waals surface area contributed by atoms with E-state index in [0.717, 1.165) is 19.5 Å². The number of nitro benzene ring substituents is 1. The molecule has 19 heavy (non-hydrogen) atoms. The minimum absolute atomic E-state index is 0. The molecule has 2 rings (SSSR count). The summed E-state index contributed by atoms with van der Waals surface area (Å²) in [6, 6.07) is 4.77. The largest absolute Gasteiger partial charge is 0.299 e. The Labute approximate surface area is 124 Å². The highest BCUT2D eigenvalue weighted by Crippen LogP contribution is 2.26. The molecule has 1 heterocycles. The van der Waals surface area contributed by atoms with E-state index in [1.807, 2.05) is 0 Å². The fourth-order valence-corrected chi connectivity index (χ4v) is 2.72. The number of nitro groups is 1. The van der Waals surface area contributed by atoms with Crippen LogP contribution in [0.4, 0.5) is 5.69 Å². The molecule has 106 valence electrons. The SMILES string of the molecule is CC1CCCN(Cc2cc(Cl)ccc2[N+](=O)[O-])C1.Cl. The molecule has 0 saturated carbocycles. The highest BCUT2D eigenvalue weighted by atomic mass is 35.5. The van der Waals surface area contributed by atoms with Gasteiger partial charge in [-0.25, -0.2) is 0 Å². The summed E-state index contributed by atoms with van der Waals surface area (Å²) in [7, 11) is 0. The second-order valence-corrected chi connectivity index (χ2v) is 5.45. The molecular formula is C13H18Cl2N2O2. The molecule has 1 atom stereocenters. The number of nitrogens with zero attached hydrogens (tertiary/aromatic N) is 2. The Bertz CT molecular complexity index is 454. The predicted molar refractivity (Wildman–Crippen MR) is 79.0 cm³/mol. The smallest absolute Gasteiger partial charge is 0.273 e. The third-order valence-corrected chi connectivity index (χ3v) is 3.61. The fraction of sp³-hybridized carbons (Fsp3) is 0.538. The van der Waals surface area contributed by atoms with Crippen LogP contribution in [0.3, 0.4) is 0 Å². The van der Waals surface area contributed by atoms with Crippen LogP contribution in [0.1, 0.15) is 25.3 Å². The summed E-state index contributed by atoms with van der Waals surface area (Å²) < 4.78 is 0. The molecule has 0 bridgehead atoms. The van der Waals surface area contributed by atoms with Crippen molar-refractivity contribution in [3.05, 3.63) is 38.9 Å². The molecule has 1 aromatic rings. The van der Waals surface area contributed by atoms with Crippen molar-refractivity contribution in [2.45, 2.75) is 26.3 Å². The zero-order valence-corrected chi connectivity index (χ0v) is 12.4. The number of hydrogen-bond donors (Lipinski definition) is 0. The van der Waals surface area contributed by atoms with Crippen LogP contribution in [0, 0.1) is 16.0 Å². The Hall–Kier alpha value is -0.840. The van der Waals surface area contributed by atoms with E-state index in [1.165, 1.54) is 12.5 Å². The van der Waals surface area contributed by atoms with Gasteiger partial charge in [0.05, 0.1) is 4.92 Å². The topological polar surface area (TPSA) is 46.4 Å². The number of halogens is 2. The van der Waals surface area contributed by atoms with Gasteiger partial charge in [0.15, 0.2) is 0 Å². The molecule has 1 fully saturated rings. The van der Waals surface area contributed by atoms with Crippen LogP contribution in [0.25, 0.3) is 0 Å². The maximum absolute atomic E-state index is 11.0. The normalized spacial score (nSPS) is 19.8. The summed E-state index contributed by atoms with van der Waals surface area (Å²) in [5.74, 6) is 0.664. The third kappa shape index (κ3) is 4.34. The number of benzene rings is 1. The van der Waals surface area contributed by atoms with Gasteiger partial charge in [0, 0.05) is 29.7 Å². The molecule has 6 heteroatoms. The Balaban J connectivity index is 0.00000180. The average Bonchev–Trinajstić information content (AvgIpc) is 2.28. The summed E-state index contributed by atoms with van der Waals surface area (Å²) in [4.78, 5) is 12.9. The van der Waals surface area contributed by atoms with Crippen molar-refractivity contribution in [3.8, 4) is 0 Å². The van der Waals surface area contributed by atoms with E-state index >= 15 is 0 Å². The molecule has 0 amide bonds. The van der Waals surface area contributed by atoms with Gasteiger partial charge in [-0.2, -0.15) is 0 Å². The van der Waals surface area contributed by atoms with Gasteiger partial charge in [-0.3, -0.25) is 15.0 Å². The summed E-state index contributed by atoms with van der Waals surface area (Å²) in [5.41, 5.74) is 0.874. The van der Waals surface area contributed by atoms with Gasteiger partial charge in [0.2, 0.25) is 0 Å².